The first-order valence-electron chi connectivity index (χ1n) is 5.10. The molecule has 19 heavy (non-hydrogen) atoms. The molecule has 0 atom stereocenters. The largest absolute Gasteiger partial charge is 0.481 e. The van der Waals surface area contributed by atoms with E-state index in [0.29, 0.717) is 5.02 Å². The van der Waals surface area contributed by atoms with Gasteiger partial charge in [-0.3, -0.25) is 15.1 Å². The quantitative estimate of drug-likeness (QED) is 0.881. The lowest BCUT2D eigenvalue weighted by Gasteiger charge is -2.05. The number of rotatable bonds is 3. The number of carbonyl (C=O) groups excluding carboxylic acids is 1. The summed E-state index contributed by atoms with van der Waals surface area (Å²) in [5, 5.41) is 3.02. The van der Waals surface area contributed by atoms with Crippen molar-refractivity contribution in [2.45, 2.75) is 0 Å². The van der Waals surface area contributed by atoms with Crippen molar-refractivity contribution in [3.05, 3.63) is 40.3 Å². The highest BCUT2D eigenvalue weighted by atomic mass is 35.5. The van der Waals surface area contributed by atoms with Crippen molar-refractivity contribution < 1.29 is 9.53 Å². The van der Waals surface area contributed by atoms with Gasteiger partial charge >= 0.3 is 0 Å². The molecule has 6 nitrogen and oxygen atoms in total. The molecule has 98 valence electrons. The number of carbonyl (C=O) groups is 1. The second kappa shape index (κ2) is 5.81. The van der Waals surface area contributed by atoms with Crippen LogP contribution in [0.2, 0.25) is 10.2 Å². The fourth-order valence-electron chi connectivity index (χ4n) is 1.25. The van der Waals surface area contributed by atoms with Gasteiger partial charge in [-0.15, -0.1) is 0 Å². The van der Waals surface area contributed by atoms with Crippen molar-refractivity contribution in [2.24, 2.45) is 0 Å². The molecule has 0 radical (unpaired) electrons. The highest BCUT2D eigenvalue weighted by Crippen LogP contribution is 2.16. The zero-order valence-corrected chi connectivity index (χ0v) is 11.2. The molecule has 0 saturated heterocycles. The molecule has 0 aromatic carbocycles. The van der Waals surface area contributed by atoms with Crippen LogP contribution in [0.25, 0.3) is 0 Å². The van der Waals surface area contributed by atoms with Gasteiger partial charge in [0.05, 0.1) is 7.11 Å². The standard InChI is InChI=1S/C11H8Cl2N4O2/c1-19-9-5-8(13)15-11(16-9)17-10(18)7-4-6(12)2-3-14-7/h2-5H,1H3,(H,15,16,17,18). The van der Waals surface area contributed by atoms with Crippen LogP contribution in [0.3, 0.4) is 0 Å². The van der Waals surface area contributed by atoms with E-state index in [1.165, 1.54) is 25.4 Å². The molecule has 0 fully saturated rings. The van der Waals surface area contributed by atoms with Crippen LogP contribution in [-0.2, 0) is 0 Å². The zero-order valence-electron chi connectivity index (χ0n) is 9.72. The minimum Gasteiger partial charge on any atom is -0.481 e. The minimum absolute atomic E-state index is 0.0242. The van der Waals surface area contributed by atoms with Crippen molar-refractivity contribution in [2.75, 3.05) is 12.4 Å². The molecule has 1 N–H and O–H groups in total. The van der Waals surface area contributed by atoms with E-state index in [1.807, 2.05) is 0 Å². The van der Waals surface area contributed by atoms with E-state index < -0.39 is 5.91 Å². The van der Waals surface area contributed by atoms with Crippen LogP contribution in [0, 0.1) is 0 Å². The monoisotopic (exact) mass is 298 g/mol. The second-order valence-corrected chi connectivity index (χ2v) is 4.19. The zero-order chi connectivity index (χ0) is 13.8. The highest BCUT2D eigenvalue weighted by Gasteiger charge is 2.11. The van der Waals surface area contributed by atoms with Crippen LogP contribution in [0.15, 0.2) is 24.4 Å². The number of hydrogen-bond acceptors (Lipinski definition) is 5. The van der Waals surface area contributed by atoms with E-state index in [9.17, 15) is 4.79 Å². The number of nitrogens with one attached hydrogen (secondary N) is 1. The number of aromatic nitrogens is 3. The van der Waals surface area contributed by atoms with E-state index >= 15 is 0 Å². The summed E-state index contributed by atoms with van der Waals surface area (Å²) in [6.07, 6.45) is 1.43. The van der Waals surface area contributed by atoms with Gasteiger partial charge in [-0.2, -0.15) is 4.98 Å². The maximum atomic E-state index is 11.9. The summed E-state index contributed by atoms with van der Waals surface area (Å²) in [6.45, 7) is 0. The number of ether oxygens (including phenoxy) is 1. The van der Waals surface area contributed by atoms with Crippen LogP contribution in [0.5, 0.6) is 5.88 Å². The van der Waals surface area contributed by atoms with Gasteiger partial charge in [0, 0.05) is 17.3 Å². The molecular formula is C11H8Cl2N4O2. The summed E-state index contributed by atoms with van der Waals surface area (Å²) >= 11 is 11.5. The van der Waals surface area contributed by atoms with Crippen molar-refractivity contribution in [1.29, 1.82) is 0 Å². The summed E-state index contributed by atoms with van der Waals surface area (Å²) in [5.74, 6) is -0.225. The Morgan fingerprint density at radius 2 is 2.11 bits per heavy atom. The van der Waals surface area contributed by atoms with Gasteiger partial charge in [-0.1, -0.05) is 23.2 Å². The molecule has 0 aliphatic carbocycles. The van der Waals surface area contributed by atoms with Gasteiger partial charge in [-0.25, -0.2) is 4.98 Å². The first-order valence-corrected chi connectivity index (χ1v) is 5.85. The molecule has 0 saturated carbocycles. The minimum atomic E-state index is -0.494. The molecule has 8 heteroatoms. The van der Waals surface area contributed by atoms with E-state index in [4.69, 9.17) is 27.9 Å². The van der Waals surface area contributed by atoms with Crippen LogP contribution in [0.4, 0.5) is 5.95 Å². The van der Waals surface area contributed by atoms with Gasteiger partial charge in [-0.05, 0) is 12.1 Å². The molecule has 0 aliphatic rings. The Bertz CT molecular complexity index is 621. The molecule has 2 heterocycles. The number of anilines is 1. The predicted octanol–water partition coefficient (Wildman–Crippen LogP) is 2.44. The van der Waals surface area contributed by atoms with Crippen molar-refractivity contribution in [1.82, 2.24) is 15.0 Å². The molecule has 0 unspecified atom stereocenters. The van der Waals surface area contributed by atoms with E-state index in [-0.39, 0.29) is 22.7 Å². The van der Waals surface area contributed by atoms with Crippen LogP contribution in [-0.4, -0.2) is 28.0 Å². The van der Waals surface area contributed by atoms with Gasteiger partial charge < -0.3 is 4.74 Å². The van der Waals surface area contributed by atoms with E-state index in [2.05, 4.69) is 20.3 Å². The SMILES string of the molecule is COc1cc(Cl)nc(NC(=O)c2cc(Cl)ccn2)n1. The Hall–Kier alpha value is -1.92. The molecule has 0 bridgehead atoms. The summed E-state index contributed by atoms with van der Waals surface area (Å²) in [4.78, 5) is 23.5. The Balaban J connectivity index is 2.21. The molecule has 0 spiro atoms. The lowest BCUT2D eigenvalue weighted by Crippen LogP contribution is -2.15. The lowest BCUT2D eigenvalue weighted by atomic mass is 10.3. The lowest BCUT2D eigenvalue weighted by molar-refractivity contribution is 0.102. The molecule has 2 rings (SSSR count). The first kappa shape index (κ1) is 13.5. The summed E-state index contributed by atoms with van der Waals surface area (Å²) in [5.41, 5.74) is 0.148. The van der Waals surface area contributed by atoms with E-state index in [0.717, 1.165) is 0 Å². The third kappa shape index (κ3) is 3.52. The van der Waals surface area contributed by atoms with Crippen molar-refractivity contribution in [3.63, 3.8) is 0 Å². The van der Waals surface area contributed by atoms with Gasteiger partial charge in [0.15, 0.2) is 0 Å². The Labute approximate surface area is 118 Å². The maximum Gasteiger partial charge on any atom is 0.276 e. The summed E-state index contributed by atoms with van der Waals surface area (Å²) < 4.78 is 4.92. The Morgan fingerprint density at radius 3 is 2.79 bits per heavy atom. The van der Waals surface area contributed by atoms with Crippen LogP contribution < -0.4 is 10.1 Å². The fourth-order valence-corrected chi connectivity index (χ4v) is 1.59. The molecule has 2 aromatic heterocycles. The third-order valence-electron chi connectivity index (χ3n) is 2.06. The molecule has 2 aromatic rings. The third-order valence-corrected chi connectivity index (χ3v) is 2.49. The number of pyridine rings is 1. The Morgan fingerprint density at radius 1 is 1.32 bits per heavy atom. The first-order chi connectivity index (χ1) is 9.08. The predicted molar refractivity (Wildman–Crippen MR) is 70.8 cm³/mol. The van der Waals surface area contributed by atoms with Crippen molar-refractivity contribution in [3.8, 4) is 5.88 Å². The smallest absolute Gasteiger partial charge is 0.276 e. The summed E-state index contributed by atoms with van der Waals surface area (Å²) in [6, 6.07) is 4.42. The van der Waals surface area contributed by atoms with E-state index in [1.54, 1.807) is 6.07 Å². The topological polar surface area (TPSA) is 77.0 Å². The number of amides is 1. The second-order valence-electron chi connectivity index (χ2n) is 3.37. The maximum absolute atomic E-state index is 11.9. The number of hydrogen-bond donors (Lipinski definition) is 1. The van der Waals surface area contributed by atoms with Crippen LogP contribution >= 0.6 is 23.2 Å². The number of halogens is 2. The fraction of sp³-hybridized carbons (Fsp3) is 0.0909. The van der Waals surface area contributed by atoms with Gasteiger partial charge in [0.1, 0.15) is 10.8 Å². The highest BCUT2D eigenvalue weighted by molar-refractivity contribution is 6.31. The number of nitrogens with zero attached hydrogens (tertiary/aromatic N) is 3. The number of methoxy groups -OCH3 is 1. The average molecular weight is 299 g/mol. The van der Waals surface area contributed by atoms with Gasteiger partial charge in [0.25, 0.3) is 5.91 Å². The molecular weight excluding hydrogens is 291 g/mol. The van der Waals surface area contributed by atoms with Crippen LogP contribution in [0.1, 0.15) is 10.5 Å². The summed E-state index contributed by atoms with van der Waals surface area (Å²) in [7, 11) is 1.43. The Kier molecular flexibility index (Phi) is 4.13. The molecule has 1 amide bonds. The molecule has 0 aliphatic heterocycles. The normalized spacial score (nSPS) is 10.1. The average Bonchev–Trinajstić information content (AvgIpc) is 2.38. The van der Waals surface area contributed by atoms with Gasteiger partial charge in [0.2, 0.25) is 11.8 Å². The van der Waals surface area contributed by atoms with Crippen molar-refractivity contribution >= 4 is 35.1 Å².